The van der Waals surface area contributed by atoms with Gasteiger partial charge in [0.15, 0.2) is 0 Å². The number of aryl methyl sites for hydroxylation is 2. The summed E-state index contributed by atoms with van der Waals surface area (Å²) in [5, 5.41) is 3.27. The number of carbonyl (C=O) groups is 1. The van der Waals surface area contributed by atoms with Gasteiger partial charge >= 0.3 is 0 Å². The molecule has 0 spiro atoms. The Balaban J connectivity index is 1.49. The maximum absolute atomic E-state index is 12.8. The number of fused-ring (bicyclic) bond motifs is 1. The lowest BCUT2D eigenvalue weighted by Crippen LogP contribution is -2.43. The molecule has 1 aliphatic heterocycles. The first-order chi connectivity index (χ1) is 12.3. The predicted molar refractivity (Wildman–Crippen MR) is 100 cm³/mol. The summed E-state index contributed by atoms with van der Waals surface area (Å²) in [5.74, 6) is 0.0570. The summed E-state index contributed by atoms with van der Waals surface area (Å²) in [6.45, 7) is 4.21. The molecule has 0 radical (unpaired) electrons. The van der Waals surface area contributed by atoms with E-state index in [1.807, 2.05) is 18.2 Å². The van der Waals surface area contributed by atoms with Gasteiger partial charge in [-0.05, 0) is 36.5 Å². The van der Waals surface area contributed by atoms with Gasteiger partial charge in [0.1, 0.15) is 0 Å². The summed E-state index contributed by atoms with van der Waals surface area (Å²) in [4.78, 5) is 17.5. The van der Waals surface area contributed by atoms with Crippen LogP contribution >= 0.6 is 11.3 Å². The van der Waals surface area contributed by atoms with Gasteiger partial charge < -0.3 is 10.1 Å². The van der Waals surface area contributed by atoms with E-state index in [0.717, 1.165) is 56.1 Å². The Labute approximate surface area is 152 Å². The van der Waals surface area contributed by atoms with Gasteiger partial charge in [-0.25, -0.2) is 0 Å². The van der Waals surface area contributed by atoms with Crippen molar-refractivity contribution >= 4 is 17.2 Å². The van der Waals surface area contributed by atoms with Crippen molar-refractivity contribution in [2.45, 2.75) is 25.3 Å². The van der Waals surface area contributed by atoms with Crippen molar-refractivity contribution in [1.29, 1.82) is 0 Å². The van der Waals surface area contributed by atoms with E-state index in [9.17, 15) is 4.79 Å². The molecule has 2 aromatic rings. The summed E-state index contributed by atoms with van der Waals surface area (Å²) in [6, 6.07) is 12.4. The summed E-state index contributed by atoms with van der Waals surface area (Å²) in [5.41, 5.74) is 2.53. The summed E-state index contributed by atoms with van der Waals surface area (Å²) >= 11 is 1.67. The lowest BCUT2D eigenvalue weighted by molar-refractivity contribution is 0.0332. The first-order valence-electron chi connectivity index (χ1n) is 9.07. The van der Waals surface area contributed by atoms with Crippen molar-refractivity contribution in [3.8, 4) is 0 Å². The number of nitrogens with zero attached hydrogens (tertiary/aromatic N) is 1. The minimum absolute atomic E-state index is 0.00346. The highest BCUT2D eigenvalue weighted by Gasteiger charge is 2.23. The molecule has 0 saturated carbocycles. The molecule has 1 aromatic carbocycles. The highest BCUT2D eigenvalue weighted by Crippen LogP contribution is 2.31. The number of amides is 1. The van der Waals surface area contributed by atoms with Crippen LogP contribution in [0.3, 0.4) is 0 Å². The largest absolute Gasteiger partial charge is 0.379 e. The maximum atomic E-state index is 12.8. The first kappa shape index (κ1) is 16.8. The zero-order valence-electron chi connectivity index (χ0n) is 14.4. The van der Waals surface area contributed by atoms with Crippen LogP contribution in [0.2, 0.25) is 0 Å². The Morgan fingerprint density at radius 3 is 2.76 bits per heavy atom. The molecule has 4 rings (SSSR count). The van der Waals surface area contributed by atoms with E-state index in [0.29, 0.717) is 0 Å². The van der Waals surface area contributed by atoms with E-state index >= 15 is 0 Å². The van der Waals surface area contributed by atoms with Crippen LogP contribution in [0.15, 0.2) is 36.4 Å². The van der Waals surface area contributed by atoms with E-state index in [1.165, 1.54) is 16.9 Å². The quantitative estimate of drug-likeness (QED) is 0.895. The van der Waals surface area contributed by atoms with Crippen LogP contribution < -0.4 is 5.32 Å². The van der Waals surface area contributed by atoms with E-state index in [4.69, 9.17) is 4.74 Å². The van der Waals surface area contributed by atoms with Gasteiger partial charge in [-0.3, -0.25) is 9.69 Å². The molecule has 2 aliphatic rings. The van der Waals surface area contributed by atoms with Crippen molar-refractivity contribution in [3.63, 3.8) is 0 Å². The van der Waals surface area contributed by atoms with Crippen LogP contribution in [-0.4, -0.2) is 43.7 Å². The Morgan fingerprint density at radius 1 is 1.20 bits per heavy atom. The molecule has 1 fully saturated rings. The number of benzene rings is 1. The van der Waals surface area contributed by atoms with E-state index < -0.39 is 0 Å². The lowest BCUT2D eigenvalue weighted by atomic mass is 10.1. The highest BCUT2D eigenvalue weighted by molar-refractivity contribution is 7.14. The van der Waals surface area contributed by atoms with Crippen molar-refractivity contribution in [3.05, 3.63) is 57.3 Å². The molecule has 1 amide bonds. The van der Waals surface area contributed by atoms with Gasteiger partial charge in [-0.2, -0.15) is 0 Å². The average molecular weight is 356 g/mol. The minimum Gasteiger partial charge on any atom is -0.379 e. The van der Waals surface area contributed by atoms with Crippen molar-refractivity contribution in [2.24, 2.45) is 0 Å². The van der Waals surface area contributed by atoms with Gasteiger partial charge in [-0.1, -0.05) is 30.3 Å². The molecule has 0 bridgehead atoms. The summed E-state index contributed by atoms with van der Waals surface area (Å²) < 4.78 is 5.44. The molecule has 4 nitrogen and oxygen atoms in total. The normalized spacial score (nSPS) is 18.7. The number of carbonyl (C=O) groups excluding carboxylic acids is 1. The molecule has 25 heavy (non-hydrogen) atoms. The SMILES string of the molecule is O=C(NC(CN1CCOCC1)c1ccccc1)c1cc2c(s1)CCC2. The predicted octanol–water partition coefficient (Wildman–Crippen LogP) is 3.04. The number of rotatable bonds is 5. The molecular weight excluding hydrogens is 332 g/mol. The van der Waals surface area contributed by atoms with Crippen LogP contribution in [0.25, 0.3) is 0 Å². The monoisotopic (exact) mass is 356 g/mol. The van der Waals surface area contributed by atoms with Crippen LogP contribution in [0.5, 0.6) is 0 Å². The highest BCUT2D eigenvalue weighted by atomic mass is 32.1. The van der Waals surface area contributed by atoms with Crippen molar-refractivity contribution in [2.75, 3.05) is 32.8 Å². The zero-order valence-corrected chi connectivity index (χ0v) is 15.2. The molecule has 1 saturated heterocycles. The van der Waals surface area contributed by atoms with Crippen LogP contribution in [-0.2, 0) is 17.6 Å². The second kappa shape index (κ2) is 7.68. The second-order valence-electron chi connectivity index (χ2n) is 6.76. The second-order valence-corrected chi connectivity index (χ2v) is 7.90. The standard InChI is InChI=1S/C20H24N2O2S/c23-20(19-13-16-7-4-8-18(16)25-19)21-17(15-5-2-1-3-6-15)14-22-9-11-24-12-10-22/h1-3,5-6,13,17H,4,7-12,14H2,(H,21,23). The molecular formula is C20H24N2O2S. The van der Waals surface area contributed by atoms with Gasteiger partial charge in [0, 0.05) is 24.5 Å². The smallest absolute Gasteiger partial charge is 0.261 e. The van der Waals surface area contributed by atoms with Crippen molar-refractivity contribution in [1.82, 2.24) is 10.2 Å². The van der Waals surface area contributed by atoms with Gasteiger partial charge in [-0.15, -0.1) is 11.3 Å². The molecule has 1 aromatic heterocycles. The van der Waals surface area contributed by atoms with Crippen molar-refractivity contribution < 1.29 is 9.53 Å². The third kappa shape index (κ3) is 3.94. The summed E-state index contributed by atoms with van der Waals surface area (Å²) in [7, 11) is 0. The topological polar surface area (TPSA) is 41.6 Å². The number of morpholine rings is 1. The molecule has 132 valence electrons. The Hall–Kier alpha value is -1.69. The van der Waals surface area contributed by atoms with Crippen LogP contribution in [0.1, 0.15) is 38.1 Å². The molecule has 1 aliphatic carbocycles. The fraction of sp³-hybridized carbons (Fsp3) is 0.450. The Bertz CT molecular complexity index is 701. The van der Waals surface area contributed by atoms with Gasteiger partial charge in [0.05, 0.1) is 24.1 Å². The Kier molecular flexibility index (Phi) is 5.15. The maximum Gasteiger partial charge on any atom is 0.261 e. The lowest BCUT2D eigenvalue weighted by Gasteiger charge is -2.31. The fourth-order valence-corrected chi connectivity index (χ4v) is 4.79. The number of ether oxygens (including phenoxy) is 1. The summed E-state index contributed by atoms with van der Waals surface area (Å²) in [6.07, 6.45) is 3.48. The first-order valence-corrected chi connectivity index (χ1v) is 9.89. The molecule has 1 atom stereocenters. The van der Waals surface area contributed by atoms with Gasteiger partial charge in [0.2, 0.25) is 0 Å². The number of nitrogens with one attached hydrogen (secondary N) is 1. The third-order valence-corrected chi connectivity index (χ3v) is 6.26. The van der Waals surface area contributed by atoms with Crippen LogP contribution in [0.4, 0.5) is 0 Å². The number of hydrogen-bond acceptors (Lipinski definition) is 4. The third-order valence-electron chi connectivity index (χ3n) is 5.02. The van der Waals surface area contributed by atoms with Gasteiger partial charge in [0.25, 0.3) is 5.91 Å². The number of hydrogen-bond donors (Lipinski definition) is 1. The zero-order chi connectivity index (χ0) is 17.1. The van der Waals surface area contributed by atoms with Crippen LogP contribution in [0, 0.1) is 0 Å². The Morgan fingerprint density at radius 2 is 2.00 bits per heavy atom. The fourth-order valence-electron chi connectivity index (χ4n) is 3.63. The van der Waals surface area contributed by atoms with E-state index in [1.54, 1.807) is 11.3 Å². The molecule has 5 heteroatoms. The molecule has 2 heterocycles. The number of thiophene rings is 1. The van der Waals surface area contributed by atoms with E-state index in [-0.39, 0.29) is 11.9 Å². The minimum atomic E-state index is 0.00346. The average Bonchev–Trinajstić information content (AvgIpc) is 3.25. The molecule has 1 N–H and O–H groups in total. The molecule has 1 unspecified atom stereocenters. The van der Waals surface area contributed by atoms with E-state index in [2.05, 4.69) is 28.4 Å².